The number of nitrogens with one attached hydrogen (secondary N) is 1. The minimum Gasteiger partial charge on any atom is -0.291 e. The molecule has 0 radical (unpaired) electrons. The Bertz CT molecular complexity index is 854. The number of Topliss-reactive ketones (excluding diaryl/α,β-unsaturated/α-hetero) is 1. The van der Waals surface area contributed by atoms with Gasteiger partial charge in [0, 0.05) is 5.57 Å². The van der Waals surface area contributed by atoms with Crippen molar-refractivity contribution in [3.8, 4) is 0 Å². The Morgan fingerprint density at radius 3 is 2.32 bits per heavy atom. The molecule has 0 bridgehead atoms. The van der Waals surface area contributed by atoms with Crippen molar-refractivity contribution in [1.29, 1.82) is 0 Å². The Labute approximate surface area is 129 Å². The monoisotopic (exact) mass is 341 g/mol. The third-order valence-electron chi connectivity index (χ3n) is 3.92. The van der Waals surface area contributed by atoms with Gasteiger partial charge in [-0.2, -0.15) is 4.72 Å². The van der Waals surface area contributed by atoms with E-state index in [4.69, 9.17) is 0 Å². The molecule has 0 saturated heterocycles. The SMILES string of the molecule is O=C1C2=C(CCCC2)S(=O)(=O)C1NS(=O)(=O)c1ccccc1. The summed E-state index contributed by atoms with van der Waals surface area (Å²) in [6.07, 6.45) is 2.16. The number of hydrogen-bond acceptors (Lipinski definition) is 5. The Kier molecular flexibility index (Phi) is 3.70. The normalized spacial score (nSPS) is 24.4. The van der Waals surface area contributed by atoms with Crippen LogP contribution in [0.3, 0.4) is 0 Å². The van der Waals surface area contributed by atoms with Crippen LogP contribution in [0, 0.1) is 0 Å². The zero-order valence-corrected chi connectivity index (χ0v) is 13.3. The van der Waals surface area contributed by atoms with Gasteiger partial charge >= 0.3 is 0 Å². The van der Waals surface area contributed by atoms with Crippen molar-refractivity contribution in [1.82, 2.24) is 4.72 Å². The van der Waals surface area contributed by atoms with E-state index in [-0.39, 0.29) is 15.4 Å². The molecule has 1 aliphatic heterocycles. The lowest BCUT2D eigenvalue weighted by Gasteiger charge is -2.13. The number of carbonyl (C=O) groups excluding carboxylic acids is 1. The fourth-order valence-corrected chi connectivity index (χ4v) is 6.43. The molecule has 1 atom stereocenters. The van der Waals surface area contributed by atoms with E-state index in [9.17, 15) is 21.6 Å². The van der Waals surface area contributed by atoms with Crippen molar-refractivity contribution < 1.29 is 21.6 Å². The van der Waals surface area contributed by atoms with E-state index in [2.05, 4.69) is 4.72 Å². The first kappa shape index (κ1) is 15.4. The lowest BCUT2D eigenvalue weighted by atomic mass is 9.96. The van der Waals surface area contributed by atoms with Crippen molar-refractivity contribution in [3.63, 3.8) is 0 Å². The number of carbonyl (C=O) groups is 1. The molecule has 3 rings (SSSR count). The highest BCUT2D eigenvalue weighted by molar-refractivity contribution is 7.98. The molecule has 0 fully saturated rings. The van der Waals surface area contributed by atoms with Gasteiger partial charge in [0.25, 0.3) is 0 Å². The fraction of sp³-hybridized carbons (Fsp3) is 0.357. The van der Waals surface area contributed by atoms with Gasteiger partial charge in [0.2, 0.25) is 10.0 Å². The summed E-state index contributed by atoms with van der Waals surface area (Å²) in [7, 11) is -8.01. The predicted octanol–water partition coefficient (Wildman–Crippen LogP) is 1.12. The molecule has 1 N–H and O–H groups in total. The van der Waals surface area contributed by atoms with Crippen LogP contribution in [0.15, 0.2) is 45.7 Å². The largest absolute Gasteiger partial charge is 0.291 e. The Morgan fingerprint density at radius 1 is 1.05 bits per heavy atom. The van der Waals surface area contributed by atoms with Crippen molar-refractivity contribution in [3.05, 3.63) is 40.8 Å². The van der Waals surface area contributed by atoms with E-state index in [0.717, 1.165) is 6.42 Å². The fourth-order valence-electron chi connectivity index (χ4n) is 2.82. The van der Waals surface area contributed by atoms with Crippen LogP contribution in [0.1, 0.15) is 25.7 Å². The van der Waals surface area contributed by atoms with Crippen molar-refractivity contribution in [2.75, 3.05) is 0 Å². The molecule has 8 heteroatoms. The highest BCUT2D eigenvalue weighted by atomic mass is 32.2. The number of allylic oxidation sites excluding steroid dienone is 1. The summed E-state index contributed by atoms with van der Waals surface area (Å²) in [5.74, 6) is -0.630. The van der Waals surface area contributed by atoms with Gasteiger partial charge in [-0.05, 0) is 37.8 Å². The lowest BCUT2D eigenvalue weighted by molar-refractivity contribution is -0.115. The lowest BCUT2D eigenvalue weighted by Crippen LogP contribution is -2.43. The summed E-state index contributed by atoms with van der Waals surface area (Å²) in [6.45, 7) is 0. The minimum atomic E-state index is -4.07. The van der Waals surface area contributed by atoms with Crippen molar-refractivity contribution >= 4 is 25.6 Å². The minimum absolute atomic E-state index is 0.0668. The summed E-state index contributed by atoms with van der Waals surface area (Å²) >= 11 is 0. The Balaban J connectivity index is 1.96. The molecule has 1 aliphatic carbocycles. The van der Waals surface area contributed by atoms with Gasteiger partial charge in [0.1, 0.15) is 0 Å². The standard InChI is InChI=1S/C14H15NO5S2/c16-13-11-8-4-5-9-12(11)21(17,18)14(13)15-22(19,20)10-6-2-1-3-7-10/h1-3,6-7,14-15H,4-5,8-9H2. The molecule has 0 aromatic heterocycles. The summed E-state index contributed by atoms with van der Waals surface area (Å²) in [6, 6.07) is 7.41. The summed E-state index contributed by atoms with van der Waals surface area (Å²) in [5, 5.41) is -1.72. The molecule has 1 heterocycles. The molecule has 118 valence electrons. The molecule has 1 aromatic rings. The molecular formula is C14H15NO5S2. The van der Waals surface area contributed by atoms with Crippen LogP contribution in [0.25, 0.3) is 0 Å². The van der Waals surface area contributed by atoms with Crippen LogP contribution < -0.4 is 4.72 Å². The van der Waals surface area contributed by atoms with Crippen LogP contribution in [0.5, 0.6) is 0 Å². The molecule has 6 nitrogen and oxygen atoms in total. The molecule has 1 aromatic carbocycles. The third-order valence-corrected chi connectivity index (χ3v) is 7.60. The van der Waals surface area contributed by atoms with E-state index in [0.29, 0.717) is 19.3 Å². The van der Waals surface area contributed by atoms with Crippen molar-refractivity contribution in [2.45, 2.75) is 36.0 Å². The van der Waals surface area contributed by atoms with E-state index >= 15 is 0 Å². The van der Waals surface area contributed by atoms with Gasteiger partial charge in [-0.1, -0.05) is 18.2 Å². The van der Waals surface area contributed by atoms with E-state index in [1.54, 1.807) is 6.07 Å². The average molecular weight is 341 g/mol. The van der Waals surface area contributed by atoms with E-state index in [1.807, 2.05) is 0 Å². The number of ketones is 1. The van der Waals surface area contributed by atoms with Crippen LogP contribution in [-0.4, -0.2) is 28.0 Å². The summed E-state index contributed by atoms with van der Waals surface area (Å²) in [4.78, 5) is 12.3. The number of sulfone groups is 1. The predicted molar refractivity (Wildman–Crippen MR) is 80.0 cm³/mol. The van der Waals surface area contributed by atoms with Gasteiger partial charge in [0.15, 0.2) is 21.0 Å². The Hall–Kier alpha value is -1.51. The maximum Gasteiger partial charge on any atom is 0.242 e. The maximum atomic E-state index is 12.4. The highest BCUT2D eigenvalue weighted by Crippen LogP contribution is 2.38. The van der Waals surface area contributed by atoms with Gasteiger partial charge in [-0.3, -0.25) is 4.79 Å². The first-order valence-corrected chi connectivity index (χ1v) is 9.94. The third kappa shape index (κ3) is 2.41. The molecule has 1 unspecified atom stereocenters. The van der Waals surface area contributed by atoms with Crippen molar-refractivity contribution in [2.24, 2.45) is 0 Å². The quantitative estimate of drug-likeness (QED) is 0.888. The maximum absolute atomic E-state index is 12.4. The Morgan fingerprint density at radius 2 is 1.68 bits per heavy atom. The van der Waals surface area contributed by atoms with Crippen LogP contribution in [0.2, 0.25) is 0 Å². The van der Waals surface area contributed by atoms with Crippen LogP contribution in [0.4, 0.5) is 0 Å². The smallest absolute Gasteiger partial charge is 0.242 e. The average Bonchev–Trinajstić information content (AvgIpc) is 2.70. The number of sulfonamides is 1. The topological polar surface area (TPSA) is 97.4 Å². The van der Waals surface area contributed by atoms with Gasteiger partial charge < -0.3 is 0 Å². The van der Waals surface area contributed by atoms with Crippen LogP contribution in [-0.2, 0) is 24.7 Å². The summed E-state index contributed by atoms with van der Waals surface area (Å²) in [5.41, 5.74) is 0.270. The second-order valence-corrected chi connectivity index (χ2v) is 9.10. The number of hydrogen-bond donors (Lipinski definition) is 1. The molecule has 0 amide bonds. The van der Waals surface area contributed by atoms with Gasteiger partial charge in [-0.15, -0.1) is 0 Å². The molecule has 2 aliphatic rings. The molecule has 0 spiro atoms. The van der Waals surface area contributed by atoms with Gasteiger partial charge in [-0.25, -0.2) is 16.8 Å². The molecule has 22 heavy (non-hydrogen) atoms. The zero-order valence-electron chi connectivity index (χ0n) is 11.7. The van der Waals surface area contributed by atoms with Gasteiger partial charge in [0.05, 0.1) is 9.80 Å². The van der Waals surface area contributed by atoms with E-state index in [1.165, 1.54) is 24.3 Å². The first-order chi connectivity index (χ1) is 10.3. The first-order valence-electron chi connectivity index (χ1n) is 6.91. The zero-order chi connectivity index (χ0) is 16.0. The second-order valence-electron chi connectivity index (χ2n) is 5.33. The van der Waals surface area contributed by atoms with Crippen LogP contribution >= 0.6 is 0 Å². The number of benzene rings is 1. The highest BCUT2D eigenvalue weighted by Gasteiger charge is 2.48. The second kappa shape index (κ2) is 5.29. The molecule has 0 saturated carbocycles. The molecular weight excluding hydrogens is 326 g/mol. The van der Waals surface area contributed by atoms with E-state index < -0.39 is 31.0 Å². The summed E-state index contributed by atoms with van der Waals surface area (Å²) < 4.78 is 51.5. The number of rotatable bonds is 3.